The lowest BCUT2D eigenvalue weighted by molar-refractivity contribution is 0.0702. The molecule has 1 aromatic carbocycles. The summed E-state index contributed by atoms with van der Waals surface area (Å²) in [6.07, 6.45) is 2.30. The molecule has 1 N–H and O–H groups in total. The van der Waals surface area contributed by atoms with Crippen molar-refractivity contribution in [1.82, 2.24) is 4.98 Å². The minimum Gasteiger partial charge on any atom is -0.477 e. The summed E-state index contributed by atoms with van der Waals surface area (Å²) in [5.74, 6) is -0.310. The minimum atomic E-state index is -0.983. The van der Waals surface area contributed by atoms with E-state index in [1.807, 2.05) is 24.3 Å². The third-order valence-electron chi connectivity index (χ3n) is 3.88. The monoisotopic (exact) mass is 378 g/mol. The van der Waals surface area contributed by atoms with E-state index >= 15 is 0 Å². The highest BCUT2D eigenvalue weighted by Gasteiger charge is 2.33. The molecule has 0 radical (unpaired) electrons. The van der Waals surface area contributed by atoms with Gasteiger partial charge in [0.15, 0.2) is 0 Å². The van der Waals surface area contributed by atoms with Crippen LogP contribution in [0.2, 0.25) is 0 Å². The lowest BCUT2D eigenvalue weighted by atomic mass is 10.1. The molecule has 8 heteroatoms. The molecular weight excluding hydrogens is 360 g/mol. The minimum absolute atomic E-state index is 0.0280. The molecule has 1 fully saturated rings. The number of benzene rings is 1. The molecule has 0 bridgehead atoms. The summed E-state index contributed by atoms with van der Waals surface area (Å²) in [7, 11) is 0. The number of hydrogen-bond acceptors (Lipinski definition) is 6. The average molecular weight is 378 g/mol. The number of carboxylic acid groups (broad SMARTS) is 1. The van der Waals surface area contributed by atoms with Gasteiger partial charge in [0.25, 0.3) is 5.24 Å². The lowest BCUT2D eigenvalue weighted by Crippen LogP contribution is -2.36. The van der Waals surface area contributed by atoms with Gasteiger partial charge in [-0.2, -0.15) is 0 Å². The third-order valence-corrected chi connectivity index (χ3v) is 5.84. The Morgan fingerprint density at radius 2 is 2.16 bits per heavy atom. The molecule has 25 heavy (non-hydrogen) atoms. The Kier molecular flexibility index (Phi) is 5.72. The molecular formula is C17H18N2O4S2. The maximum Gasteiger partial charge on any atom is 0.347 e. The molecule has 1 aliphatic heterocycles. The molecule has 0 spiro atoms. The highest BCUT2D eigenvalue weighted by molar-refractivity contribution is 8.14. The van der Waals surface area contributed by atoms with Crippen molar-refractivity contribution in [3.63, 3.8) is 0 Å². The van der Waals surface area contributed by atoms with Gasteiger partial charge in [-0.05, 0) is 24.1 Å². The maximum absolute atomic E-state index is 12.2. The van der Waals surface area contributed by atoms with Gasteiger partial charge in [0.2, 0.25) is 0 Å². The zero-order valence-corrected chi connectivity index (χ0v) is 15.3. The van der Waals surface area contributed by atoms with Crippen LogP contribution in [0.1, 0.15) is 27.2 Å². The second kappa shape index (κ2) is 7.99. The van der Waals surface area contributed by atoms with Crippen molar-refractivity contribution in [2.75, 3.05) is 17.3 Å². The van der Waals surface area contributed by atoms with Crippen LogP contribution in [-0.2, 0) is 17.8 Å². The summed E-state index contributed by atoms with van der Waals surface area (Å²) in [6, 6.07) is 7.97. The fourth-order valence-electron chi connectivity index (χ4n) is 2.55. The molecule has 0 aliphatic carbocycles. The van der Waals surface area contributed by atoms with Gasteiger partial charge in [0, 0.05) is 11.4 Å². The van der Waals surface area contributed by atoms with Crippen LogP contribution in [0, 0.1) is 0 Å². The number of aryl methyl sites for hydroxylation is 1. The van der Waals surface area contributed by atoms with E-state index in [0.717, 1.165) is 23.4 Å². The predicted molar refractivity (Wildman–Crippen MR) is 98.7 cm³/mol. The summed E-state index contributed by atoms with van der Waals surface area (Å²) < 4.78 is 5.69. The summed E-state index contributed by atoms with van der Waals surface area (Å²) in [4.78, 5) is 29.1. The van der Waals surface area contributed by atoms with Gasteiger partial charge < -0.3 is 9.84 Å². The number of carboxylic acids is 1. The number of amides is 1. The number of thioether (sulfide) groups is 1. The van der Waals surface area contributed by atoms with Gasteiger partial charge in [-0.1, -0.05) is 30.8 Å². The average Bonchev–Trinajstić information content (AvgIpc) is 3.22. The SMILES string of the molecule is CCc1ccc(N2C(=O)SC[C@@H]2COCc2ncc(C(=O)O)s2)cc1. The second-order valence-corrected chi connectivity index (χ2v) is 7.65. The Morgan fingerprint density at radius 1 is 1.40 bits per heavy atom. The van der Waals surface area contributed by atoms with Crippen LogP contribution in [0.25, 0.3) is 0 Å². The molecule has 0 unspecified atom stereocenters. The van der Waals surface area contributed by atoms with Crippen LogP contribution >= 0.6 is 23.1 Å². The molecule has 6 nitrogen and oxygen atoms in total. The first-order valence-corrected chi connectivity index (χ1v) is 9.69. The van der Waals surface area contributed by atoms with E-state index in [9.17, 15) is 9.59 Å². The Morgan fingerprint density at radius 3 is 2.80 bits per heavy atom. The van der Waals surface area contributed by atoms with E-state index in [1.54, 1.807) is 4.90 Å². The molecule has 132 valence electrons. The number of rotatable bonds is 7. The van der Waals surface area contributed by atoms with Crippen molar-refractivity contribution >= 4 is 40.0 Å². The fraction of sp³-hybridized carbons (Fsp3) is 0.353. The molecule has 1 aromatic heterocycles. The van der Waals surface area contributed by atoms with Crippen LogP contribution in [0.4, 0.5) is 10.5 Å². The first-order chi connectivity index (χ1) is 12.1. The molecule has 3 rings (SSSR count). The maximum atomic E-state index is 12.2. The van der Waals surface area contributed by atoms with Crippen molar-refractivity contribution in [2.45, 2.75) is 26.0 Å². The number of thiazole rings is 1. The Balaban J connectivity index is 1.60. The number of nitrogens with zero attached hydrogens (tertiary/aromatic N) is 2. The zero-order chi connectivity index (χ0) is 17.8. The van der Waals surface area contributed by atoms with Gasteiger partial charge in [-0.15, -0.1) is 11.3 Å². The molecule has 1 saturated heterocycles. The van der Waals surface area contributed by atoms with E-state index in [2.05, 4.69) is 11.9 Å². The van der Waals surface area contributed by atoms with Crippen molar-refractivity contribution in [1.29, 1.82) is 0 Å². The summed E-state index contributed by atoms with van der Waals surface area (Å²) >= 11 is 2.39. The molecule has 1 aliphatic rings. The first kappa shape index (κ1) is 17.9. The van der Waals surface area contributed by atoms with Gasteiger partial charge in [-0.25, -0.2) is 9.78 Å². The standard InChI is InChI=1S/C17H18N2O4S2/c1-2-11-3-5-12(6-4-11)19-13(10-24-17(19)22)8-23-9-15-18-7-14(25-15)16(20)21/h3-7,13H,2,8-10H2,1H3,(H,20,21)/t13-/m0/s1. The number of aromatic carboxylic acids is 1. The predicted octanol–water partition coefficient (Wildman–Crippen LogP) is 3.66. The highest BCUT2D eigenvalue weighted by Crippen LogP contribution is 2.30. The number of aromatic nitrogens is 1. The Labute approximate surface area is 153 Å². The molecule has 1 amide bonds. The van der Waals surface area contributed by atoms with Gasteiger partial charge in [0.1, 0.15) is 9.88 Å². The Bertz CT molecular complexity index is 760. The van der Waals surface area contributed by atoms with Crippen LogP contribution in [0.3, 0.4) is 0 Å². The Hall–Kier alpha value is -1.90. The van der Waals surface area contributed by atoms with E-state index in [-0.39, 0.29) is 22.8 Å². The molecule has 2 aromatic rings. The smallest absolute Gasteiger partial charge is 0.347 e. The largest absolute Gasteiger partial charge is 0.477 e. The van der Waals surface area contributed by atoms with Crippen LogP contribution in [0.5, 0.6) is 0 Å². The number of hydrogen-bond donors (Lipinski definition) is 1. The summed E-state index contributed by atoms with van der Waals surface area (Å²) in [5.41, 5.74) is 2.11. The van der Waals surface area contributed by atoms with E-state index in [1.165, 1.54) is 23.5 Å². The number of anilines is 1. The van der Waals surface area contributed by atoms with E-state index in [0.29, 0.717) is 17.4 Å². The fourth-order valence-corrected chi connectivity index (χ4v) is 4.22. The topological polar surface area (TPSA) is 79.7 Å². The molecule has 0 saturated carbocycles. The molecule has 2 heterocycles. The van der Waals surface area contributed by atoms with Crippen molar-refractivity contribution < 1.29 is 19.4 Å². The van der Waals surface area contributed by atoms with Crippen LogP contribution < -0.4 is 4.90 Å². The van der Waals surface area contributed by atoms with Crippen LogP contribution in [0.15, 0.2) is 30.5 Å². The zero-order valence-electron chi connectivity index (χ0n) is 13.7. The van der Waals surface area contributed by atoms with Crippen LogP contribution in [-0.4, -0.2) is 39.7 Å². The first-order valence-electron chi connectivity index (χ1n) is 7.89. The summed E-state index contributed by atoms with van der Waals surface area (Å²) in [6.45, 7) is 2.73. The van der Waals surface area contributed by atoms with Crippen molar-refractivity contribution in [3.8, 4) is 0 Å². The number of carbonyl (C=O) groups excluding carboxylic acids is 1. The van der Waals surface area contributed by atoms with Crippen molar-refractivity contribution in [2.24, 2.45) is 0 Å². The second-order valence-electron chi connectivity index (χ2n) is 5.56. The normalized spacial score (nSPS) is 17.2. The van der Waals surface area contributed by atoms with Gasteiger partial charge in [0.05, 0.1) is 25.5 Å². The lowest BCUT2D eigenvalue weighted by Gasteiger charge is -2.24. The van der Waals surface area contributed by atoms with Crippen molar-refractivity contribution in [3.05, 3.63) is 45.9 Å². The highest BCUT2D eigenvalue weighted by atomic mass is 32.2. The van der Waals surface area contributed by atoms with Gasteiger partial charge in [-0.3, -0.25) is 9.69 Å². The van der Waals surface area contributed by atoms with E-state index in [4.69, 9.17) is 9.84 Å². The van der Waals surface area contributed by atoms with Gasteiger partial charge >= 0.3 is 5.97 Å². The molecule has 1 atom stereocenters. The quantitative estimate of drug-likeness (QED) is 0.792. The van der Waals surface area contributed by atoms with E-state index < -0.39 is 5.97 Å². The number of carbonyl (C=O) groups is 2. The number of ether oxygens (including phenoxy) is 1. The third kappa shape index (κ3) is 4.20. The summed E-state index contributed by atoms with van der Waals surface area (Å²) in [5, 5.41) is 9.55.